The first kappa shape index (κ1) is 23.1. The van der Waals surface area contributed by atoms with E-state index in [0.717, 1.165) is 57.7 Å². The minimum absolute atomic E-state index is 0.184. The number of carboxylic acid groups (broad SMARTS) is 1. The van der Waals surface area contributed by atoms with Gasteiger partial charge in [-0.15, -0.1) is 0 Å². The molecule has 2 fully saturated rings. The van der Waals surface area contributed by atoms with Gasteiger partial charge in [-0.25, -0.2) is 0 Å². The van der Waals surface area contributed by atoms with Crippen LogP contribution in [0.4, 0.5) is 0 Å². The van der Waals surface area contributed by atoms with Gasteiger partial charge < -0.3 is 14.6 Å². The summed E-state index contributed by atoms with van der Waals surface area (Å²) in [7, 11) is 0. The normalized spacial score (nSPS) is 23.0. The van der Waals surface area contributed by atoms with Crippen LogP contribution in [0.5, 0.6) is 5.75 Å². The maximum Gasteiger partial charge on any atom is 0.306 e. The van der Waals surface area contributed by atoms with Gasteiger partial charge in [-0.2, -0.15) is 0 Å². The number of carboxylic acids is 1. The Morgan fingerprint density at radius 1 is 1.06 bits per heavy atom. The SMILES string of the molecule is CC(C)OCC1CCC(Oc2ccc3c(CN4CCC(C(=O)O)CC4)cccc3c2)CC1. The molecule has 0 amide bonds. The summed E-state index contributed by atoms with van der Waals surface area (Å²) in [4.78, 5) is 13.6. The predicted molar refractivity (Wildman–Crippen MR) is 127 cm³/mol. The lowest BCUT2D eigenvalue weighted by molar-refractivity contribution is -0.143. The Morgan fingerprint density at radius 3 is 2.50 bits per heavy atom. The fourth-order valence-electron chi connectivity index (χ4n) is 5.06. The standard InChI is InChI=1S/C27H37NO4/c1-19(2)31-18-20-6-8-24(9-7-20)32-25-10-11-26-22(16-25)4-3-5-23(26)17-28-14-12-21(13-15-28)27(29)30/h3-5,10-11,16,19-21,24H,6-9,12-15,17-18H2,1-2H3,(H,29,30). The molecular weight excluding hydrogens is 402 g/mol. The third-order valence-corrected chi connectivity index (χ3v) is 7.03. The number of hydrogen-bond donors (Lipinski definition) is 1. The van der Waals surface area contributed by atoms with Gasteiger partial charge in [-0.05, 0) is 99.8 Å². The maximum absolute atomic E-state index is 11.2. The van der Waals surface area contributed by atoms with Crippen LogP contribution >= 0.6 is 0 Å². The number of likely N-dealkylation sites (tertiary alicyclic amines) is 1. The fourth-order valence-corrected chi connectivity index (χ4v) is 5.06. The molecule has 0 aromatic heterocycles. The number of benzene rings is 2. The van der Waals surface area contributed by atoms with Gasteiger partial charge in [0.15, 0.2) is 0 Å². The van der Waals surface area contributed by atoms with Crippen LogP contribution in [0, 0.1) is 11.8 Å². The molecule has 32 heavy (non-hydrogen) atoms. The summed E-state index contributed by atoms with van der Waals surface area (Å²) in [5.74, 6) is 0.784. The van der Waals surface area contributed by atoms with E-state index in [1.54, 1.807) is 0 Å². The van der Waals surface area contributed by atoms with Crippen LogP contribution in [-0.4, -0.2) is 47.9 Å². The zero-order valence-corrected chi connectivity index (χ0v) is 19.5. The van der Waals surface area contributed by atoms with E-state index >= 15 is 0 Å². The average Bonchev–Trinajstić information content (AvgIpc) is 2.79. The van der Waals surface area contributed by atoms with Crippen LogP contribution in [0.15, 0.2) is 36.4 Å². The minimum atomic E-state index is -0.653. The van der Waals surface area contributed by atoms with Crippen molar-refractivity contribution >= 4 is 16.7 Å². The highest BCUT2D eigenvalue weighted by Crippen LogP contribution is 2.31. The van der Waals surface area contributed by atoms with Gasteiger partial charge in [0.1, 0.15) is 5.75 Å². The Morgan fingerprint density at radius 2 is 1.81 bits per heavy atom. The first-order chi connectivity index (χ1) is 15.5. The van der Waals surface area contributed by atoms with Gasteiger partial charge in [0, 0.05) is 13.2 Å². The smallest absolute Gasteiger partial charge is 0.306 e. The molecule has 5 nitrogen and oxygen atoms in total. The van der Waals surface area contributed by atoms with Crippen molar-refractivity contribution in [2.45, 2.75) is 71.1 Å². The monoisotopic (exact) mass is 439 g/mol. The quantitative estimate of drug-likeness (QED) is 0.589. The molecule has 1 aliphatic heterocycles. The van der Waals surface area contributed by atoms with E-state index < -0.39 is 5.97 Å². The second-order valence-corrected chi connectivity index (χ2v) is 9.83. The molecule has 0 spiro atoms. The highest BCUT2D eigenvalue weighted by atomic mass is 16.5. The van der Waals surface area contributed by atoms with Crippen LogP contribution in [0.3, 0.4) is 0 Å². The second-order valence-electron chi connectivity index (χ2n) is 9.83. The zero-order valence-electron chi connectivity index (χ0n) is 19.5. The van der Waals surface area contributed by atoms with Crippen molar-refractivity contribution < 1.29 is 19.4 Å². The van der Waals surface area contributed by atoms with Crippen molar-refractivity contribution in [3.05, 3.63) is 42.0 Å². The van der Waals surface area contributed by atoms with E-state index in [9.17, 15) is 9.90 Å². The second kappa shape index (κ2) is 10.7. The molecule has 0 radical (unpaired) electrons. The number of hydrogen-bond acceptors (Lipinski definition) is 4. The van der Waals surface area contributed by atoms with Crippen LogP contribution in [0.25, 0.3) is 10.8 Å². The van der Waals surface area contributed by atoms with Gasteiger partial charge in [-0.3, -0.25) is 9.69 Å². The Labute approximate surface area is 191 Å². The highest BCUT2D eigenvalue weighted by Gasteiger charge is 2.25. The Kier molecular flexibility index (Phi) is 7.69. The predicted octanol–water partition coefficient (Wildman–Crippen LogP) is 5.50. The number of carbonyl (C=O) groups is 1. The molecule has 1 saturated carbocycles. The van der Waals surface area contributed by atoms with Crippen molar-refractivity contribution in [1.29, 1.82) is 0 Å². The molecule has 0 bridgehead atoms. The third-order valence-electron chi connectivity index (χ3n) is 7.03. The summed E-state index contributed by atoms with van der Waals surface area (Å²) in [6, 6.07) is 12.9. The molecular formula is C27H37NO4. The van der Waals surface area contributed by atoms with E-state index in [1.165, 1.54) is 29.2 Å². The Bertz CT molecular complexity index is 896. The van der Waals surface area contributed by atoms with Crippen LogP contribution in [0.1, 0.15) is 57.9 Å². The lowest BCUT2D eigenvalue weighted by Crippen LogP contribution is -2.35. The summed E-state index contributed by atoms with van der Waals surface area (Å²) < 4.78 is 12.1. The molecule has 1 N–H and O–H groups in total. The molecule has 0 unspecified atom stereocenters. The molecule has 2 aromatic carbocycles. The number of ether oxygens (including phenoxy) is 2. The fraction of sp³-hybridized carbons (Fsp3) is 0.593. The Hall–Kier alpha value is -2.11. The first-order valence-corrected chi connectivity index (χ1v) is 12.2. The summed E-state index contributed by atoms with van der Waals surface area (Å²) in [5, 5.41) is 11.7. The van der Waals surface area contributed by atoms with Crippen LogP contribution in [-0.2, 0) is 16.1 Å². The number of aliphatic carboxylic acids is 1. The van der Waals surface area contributed by atoms with E-state index in [1.807, 2.05) is 0 Å². The van der Waals surface area contributed by atoms with E-state index in [0.29, 0.717) is 18.1 Å². The van der Waals surface area contributed by atoms with Gasteiger partial charge in [-0.1, -0.05) is 24.3 Å². The molecule has 1 saturated heterocycles. The molecule has 5 heteroatoms. The number of piperidine rings is 1. The molecule has 2 aliphatic rings. The van der Waals surface area contributed by atoms with E-state index in [2.05, 4.69) is 55.1 Å². The lowest BCUT2D eigenvalue weighted by atomic mass is 9.88. The summed E-state index contributed by atoms with van der Waals surface area (Å²) >= 11 is 0. The minimum Gasteiger partial charge on any atom is -0.490 e. The third kappa shape index (κ3) is 6.02. The summed E-state index contributed by atoms with van der Waals surface area (Å²) in [5.41, 5.74) is 1.30. The first-order valence-electron chi connectivity index (χ1n) is 12.2. The number of fused-ring (bicyclic) bond motifs is 1. The number of nitrogens with zero attached hydrogens (tertiary/aromatic N) is 1. The van der Waals surface area contributed by atoms with Crippen molar-refractivity contribution in [3.8, 4) is 5.75 Å². The molecule has 1 heterocycles. The number of rotatable bonds is 8. The molecule has 4 rings (SSSR count). The van der Waals surface area contributed by atoms with Crippen LogP contribution in [0.2, 0.25) is 0 Å². The highest BCUT2D eigenvalue weighted by molar-refractivity contribution is 5.87. The van der Waals surface area contributed by atoms with Gasteiger partial charge in [0.25, 0.3) is 0 Å². The van der Waals surface area contributed by atoms with Gasteiger partial charge >= 0.3 is 5.97 Å². The summed E-state index contributed by atoms with van der Waals surface area (Å²) in [6.45, 7) is 7.63. The van der Waals surface area contributed by atoms with Crippen molar-refractivity contribution in [2.75, 3.05) is 19.7 Å². The van der Waals surface area contributed by atoms with Crippen molar-refractivity contribution in [1.82, 2.24) is 4.90 Å². The van der Waals surface area contributed by atoms with Crippen LogP contribution < -0.4 is 4.74 Å². The molecule has 0 atom stereocenters. The van der Waals surface area contributed by atoms with E-state index in [4.69, 9.17) is 9.47 Å². The molecule has 1 aliphatic carbocycles. The van der Waals surface area contributed by atoms with Crippen molar-refractivity contribution in [2.24, 2.45) is 11.8 Å². The lowest BCUT2D eigenvalue weighted by Gasteiger charge is -2.30. The van der Waals surface area contributed by atoms with Gasteiger partial charge in [0.05, 0.1) is 18.1 Å². The topological polar surface area (TPSA) is 59.0 Å². The average molecular weight is 440 g/mol. The maximum atomic E-state index is 11.2. The van der Waals surface area contributed by atoms with E-state index in [-0.39, 0.29) is 5.92 Å². The molecule has 2 aromatic rings. The zero-order chi connectivity index (χ0) is 22.5. The largest absolute Gasteiger partial charge is 0.490 e. The summed E-state index contributed by atoms with van der Waals surface area (Å²) in [6.07, 6.45) is 6.62. The molecule has 174 valence electrons. The van der Waals surface area contributed by atoms with Gasteiger partial charge in [0.2, 0.25) is 0 Å². The Balaban J connectivity index is 1.34. The van der Waals surface area contributed by atoms with Crippen molar-refractivity contribution in [3.63, 3.8) is 0 Å².